The topological polar surface area (TPSA) is 296 Å². The quantitative estimate of drug-likeness (QED) is 0.0743. The molecule has 4 aromatic rings. The normalized spacial score (nSPS) is 28.3. The Kier molecular flexibility index (Phi) is 11.6. The molecule has 0 saturated carbocycles. The van der Waals surface area contributed by atoms with E-state index in [1.54, 1.807) is 0 Å². The predicted molar refractivity (Wildman–Crippen MR) is 186 cm³/mol. The van der Waals surface area contributed by atoms with Crippen molar-refractivity contribution in [2.24, 2.45) is 0 Å². The van der Waals surface area contributed by atoms with E-state index in [9.17, 15) is 60.7 Å². The van der Waals surface area contributed by atoms with Crippen molar-refractivity contribution in [2.45, 2.75) is 61.2 Å². The third-order valence-corrected chi connectivity index (χ3v) is 9.28. The van der Waals surface area contributed by atoms with E-state index < -0.39 is 108 Å². The van der Waals surface area contributed by atoms with Crippen molar-refractivity contribution in [3.8, 4) is 40.1 Å². The van der Waals surface area contributed by atoms with Gasteiger partial charge in [-0.25, -0.2) is 4.79 Å². The van der Waals surface area contributed by atoms with Gasteiger partial charge in [0.05, 0.1) is 19.3 Å². The second kappa shape index (κ2) is 16.2. The molecule has 10 unspecified atom stereocenters. The molecule has 0 radical (unpaired) electrons. The molecule has 18 heteroatoms. The van der Waals surface area contributed by atoms with E-state index in [1.807, 2.05) is 0 Å². The summed E-state index contributed by atoms with van der Waals surface area (Å²) in [4.78, 5) is 25.8. The van der Waals surface area contributed by atoms with Gasteiger partial charge in [0.2, 0.25) is 0 Å². The van der Waals surface area contributed by atoms with Crippen molar-refractivity contribution in [3.05, 3.63) is 82.0 Å². The van der Waals surface area contributed by atoms with Gasteiger partial charge in [-0.2, -0.15) is 0 Å². The van der Waals surface area contributed by atoms with Crippen LogP contribution in [0.3, 0.4) is 0 Å². The Balaban J connectivity index is 1.26. The molecule has 294 valence electrons. The van der Waals surface area contributed by atoms with E-state index in [-0.39, 0.29) is 28.6 Å². The molecule has 0 spiro atoms. The van der Waals surface area contributed by atoms with Crippen LogP contribution < -0.4 is 10.2 Å². The standard InChI is InChI=1S/C37H38O18/c1-50-22-10-15(2-8-18(22)40)3-9-26(43)51-14-25-30(45)32(47)34(49)37(54-25)55-36-33(48)29(44)24(13-38)53-35(36)28-20(42)12-23-27(31(28)46)19(41)11-21(52-23)16-4-6-17(39)7-5-16/h2-12,24-25,29-30,32-40,42,44-49H,13-14H2,1H3/b9-3+. The number of aliphatic hydroxyl groups is 6. The molecule has 3 aromatic carbocycles. The number of esters is 1. The first kappa shape index (κ1) is 39.4. The molecular weight excluding hydrogens is 732 g/mol. The molecule has 0 aliphatic carbocycles. The minimum atomic E-state index is -2.03. The van der Waals surface area contributed by atoms with Gasteiger partial charge in [0.15, 0.2) is 23.2 Å². The smallest absolute Gasteiger partial charge is 0.330 e. The maximum atomic E-state index is 13.3. The number of fused-ring (bicyclic) bond motifs is 1. The Labute approximate surface area is 310 Å². The Morgan fingerprint density at radius 1 is 0.818 bits per heavy atom. The van der Waals surface area contributed by atoms with Gasteiger partial charge in [0, 0.05) is 23.8 Å². The van der Waals surface area contributed by atoms with E-state index in [2.05, 4.69) is 0 Å². The van der Waals surface area contributed by atoms with Crippen molar-refractivity contribution in [1.29, 1.82) is 0 Å². The number of carbonyl (C=O) groups excluding carboxylic acids is 1. The summed E-state index contributed by atoms with van der Waals surface area (Å²) >= 11 is 0. The van der Waals surface area contributed by atoms with E-state index in [0.29, 0.717) is 11.1 Å². The molecule has 55 heavy (non-hydrogen) atoms. The van der Waals surface area contributed by atoms with Gasteiger partial charge in [-0.05, 0) is 48.0 Å². The van der Waals surface area contributed by atoms with Gasteiger partial charge in [-0.1, -0.05) is 6.07 Å². The summed E-state index contributed by atoms with van der Waals surface area (Å²) in [6, 6.07) is 12.0. The van der Waals surface area contributed by atoms with Crippen LogP contribution >= 0.6 is 0 Å². The molecular formula is C37H38O18. The van der Waals surface area contributed by atoms with Crippen LogP contribution in [0.25, 0.3) is 28.4 Å². The van der Waals surface area contributed by atoms with E-state index >= 15 is 0 Å². The molecule has 3 heterocycles. The highest BCUT2D eigenvalue weighted by atomic mass is 16.7. The fourth-order valence-corrected chi connectivity index (χ4v) is 6.32. The lowest BCUT2D eigenvalue weighted by Gasteiger charge is -2.46. The van der Waals surface area contributed by atoms with Gasteiger partial charge in [0.1, 0.15) is 95.5 Å². The van der Waals surface area contributed by atoms with Crippen LogP contribution in [0.1, 0.15) is 17.2 Å². The molecule has 2 fully saturated rings. The van der Waals surface area contributed by atoms with E-state index in [0.717, 1.165) is 18.2 Å². The van der Waals surface area contributed by atoms with Crippen LogP contribution in [0.4, 0.5) is 0 Å². The first-order chi connectivity index (χ1) is 26.2. The Morgan fingerprint density at radius 3 is 2.22 bits per heavy atom. The SMILES string of the molecule is COc1cc(/C=C/C(=O)OCC2OC(OC3C(c4c(O)cc5oc(-c6ccc(O)cc6)cc(=O)c5c4O)OC(CO)C(O)C3O)C(O)C(O)C2O)ccc1O. The number of methoxy groups -OCH3 is 1. The highest BCUT2D eigenvalue weighted by molar-refractivity contribution is 5.88. The number of hydrogen-bond acceptors (Lipinski definition) is 18. The molecule has 2 aliphatic heterocycles. The summed E-state index contributed by atoms with van der Waals surface area (Å²) in [7, 11) is 1.35. The first-order valence-electron chi connectivity index (χ1n) is 16.7. The molecule has 1 aromatic heterocycles. The fraction of sp³-hybridized carbons (Fsp3) is 0.351. The van der Waals surface area contributed by atoms with Crippen LogP contribution in [-0.2, 0) is 23.7 Å². The van der Waals surface area contributed by atoms with Gasteiger partial charge in [-0.15, -0.1) is 0 Å². The number of ether oxygens (including phenoxy) is 5. The summed E-state index contributed by atoms with van der Waals surface area (Å²) < 4.78 is 33.2. The minimum absolute atomic E-state index is 0.0245. The van der Waals surface area contributed by atoms with E-state index in [1.165, 1.54) is 55.7 Å². The van der Waals surface area contributed by atoms with Gasteiger partial charge >= 0.3 is 5.97 Å². The van der Waals surface area contributed by atoms with Crippen molar-refractivity contribution in [3.63, 3.8) is 0 Å². The van der Waals surface area contributed by atoms with Crippen LogP contribution in [-0.4, -0.2) is 132 Å². The lowest BCUT2D eigenvalue weighted by molar-refractivity contribution is -0.342. The Morgan fingerprint density at radius 2 is 1.53 bits per heavy atom. The maximum Gasteiger partial charge on any atom is 0.330 e. The van der Waals surface area contributed by atoms with Crippen LogP contribution in [0.2, 0.25) is 0 Å². The predicted octanol–water partition coefficient (Wildman–Crippen LogP) is -0.106. The highest BCUT2D eigenvalue weighted by Gasteiger charge is 2.52. The molecule has 10 atom stereocenters. The second-order valence-electron chi connectivity index (χ2n) is 12.8. The number of hydrogen-bond donors (Lipinski definition) is 10. The zero-order valence-corrected chi connectivity index (χ0v) is 28.8. The number of aromatic hydroxyl groups is 4. The number of benzene rings is 3. The van der Waals surface area contributed by atoms with Gasteiger partial charge < -0.3 is 79.2 Å². The number of phenols is 4. The second-order valence-corrected chi connectivity index (χ2v) is 12.8. The molecule has 6 rings (SSSR count). The van der Waals surface area contributed by atoms with Crippen molar-refractivity contribution in [2.75, 3.05) is 20.3 Å². The molecule has 0 bridgehead atoms. The molecule has 2 saturated heterocycles. The average molecular weight is 771 g/mol. The lowest BCUT2D eigenvalue weighted by Crippen LogP contribution is -2.63. The third kappa shape index (κ3) is 7.94. The maximum absolute atomic E-state index is 13.3. The summed E-state index contributed by atoms with van der Waals surface area (Å²) in [6.07, 6.45) is -16.1. The van der Waals surface area contributed by atoms with Gasteiger partial charge in [-0.3, -0.25) is 4.79 Å². The largest absolute Gasteiger partial charge is 0.508 e. The van der Waals surface area contributed by atoms with E-state index in [4.69, 9.17) is 28.1 Å². The van der Waals surface area contributed by atoms with Crippen LogP contribution in [0, 0.1) is 0 Å². The van der Waals surface area contributed by atoms with Crippen molar-refractivity contribution < 1.29 is 84.0 Å². The summed E-state index contributed by atoms with van der Waals surface area (Å²) in [6.45, 7) is -1.56. The Bertz CT molecular complexity index is 2100. The summed E-state index contributed by atoms with van der Waals surface area (Å²) in [5.41, 5.74) is -0.774. The monoisotopic (exact) mass is 770 g/mol. The fourth-order valence-electron chi connectivity index (χ4n) is 6.32. The minimum Gasteiger partial charge on any atom is -0.508 e. The zero-order valence-electron chi connectivity index (χ0n) is 28.8. The molecule has 18 nitrogen and oxygen atoms in total. The number of carbonyl (C=O) groups is 1. The van der Waals surface area contributed by atoms with Crippen molar-refractivity contribution >= 4 is 23.0 Å². The van der Waals surface area contributed by atoms with Crippen LogP contribution in [0.5, 0.6) is 28.7 Å². The first-order valence-corrected chi connectivity index (χ1v) is 16.7. The molecule has 10 N–H and O–H groups in total. The molecule has 0 amide bonds. The summed E-state index contributed by atoms with van der Waals surface area (Å²) in [5, 5.41) is 106. The summed E-state index contributed by atoms with van der Waals surface area (Å²) in [5.74, 6) is -2.54. The third-order valence-electron chi connectivity index (χ3n) is 9.28. The molecule has 2 aliphatic rings. The Hall–Kier alpha value is -5.28. The zero-order chi connectivity index (χ0) is 39.7. The number of phenolic OH excluding ortho intramolecular Hbond substituents is 4. The lowest BCUT2D eigenvalue weighted by atomic mass is 9.89. The number of rotatable bonds is 10. The van der Waals surface area contributed by atoms with Crippen molar-refractivity contribution in [1.82, 2.24) is 0 Å². The number of aliphatic hydroxyl groups excluding tert-OH is 6. The average Bonchev–Trinajstić information content (AvgIpc) is 3.16. The highest BCUT2D eigenvalue weighted by Crippen LogP contribution is 2.46. The van der Waals surface area contributed by atoms with Gasteiger partial charge in [0.25, 0.3) is 0 Å². The van der Waals surface area contributed by atoms with Crippen LogP contribution in [0.15, 0.2) is 69.9 Å².